The van der Waals surface area contributed by atoms with Crippen molar-refractivity contribution in [3.63, 3.8) is 0 Å². The highest BCUT2D eigenvalue weighted by molar-refractivity contribution is 7.09. The molecule has 4 heteroatoms. The third-order valence-electron chi connectivity index (χ3n) is 2.44. The van der Waals surface area contributed by atoms with E-state index in [-0.39, 0.29) is 6.61 Å². The topological polar surface area (TPSA) is 41.5 Å². The number of ether oxygens (including phenoxy) is 1. The third-order valence-corrected chi connectivity index (χ3v) is 3.33. The van der Waals surface area contributed by atoms with Crippen LogP contribution in [-0.2, 0) is 11.2 Å². The Bertz CT molecular complexity index is 252. The first kappa shape index (κ1) is 13.6. The van der Waals surface area contributed by atoms with Crippen LogP contribution in [0.4, 0.5) is 0 Å². The fraction of sp³-hybridized carbons (Fsp3) is 0.667. The molecule has 0 amide bonds. The van der Waals surface area contributed by atoms with Gasteiger partial charge in [0, 0.05) is 17.5 Å². The van der Waals surface area contributed by atoms with Gasteiger partial charge >= 0.3 is 0 Å². The molecule has 1 aromatic rings. The molecule has 1 atom stereocenters. The van der Waals surface area contributed by atoms with Crippen molar-refractivity contribution in [3.8, 4) is 0 Å². The lowest BCUT2D eigenvalue weighted by molar-refractivity contribution is 0.0925. The maximum Gasteiger partial charge on any atom is 0.0698 e. The van der Waals surface area contributed by atoms with Crippen LogP contribution in [0.1, 0.15) is 18.2 Å². The molecule has 16 heavy (non-hydrogen) atoms. The number of hydrogen-bond donors (Lipinski definition) is 2. The van der Waals surface area contributed by atoms with E-state index in [0.717, 1.165) is 19.4 Å². The quantitative estimate of drug-likeness (QED) is 0.648. The summed E-state index contributed by atoms with van der Waals surface area (Å²) in [5, 5.41) is 14.1. The third kappa shape index (κ3) is 5.61. The van der Waals surface area contributed by atoms with Crippen molar-refractivity contribution in [1.82, 2.24) is 5.32 Å². The zero-order valence-corrected chi connectivity index (χ0v) is 10.6. The lowest BCUT2D eigenvalue weighted by Crippen LogP contribution is -2.33. The van der Waals surface area contributed by atoms with Crippen LogP contribution >= 0.6 is 11.3 Å². The summed E-state index contributed by atoms with van der Waals surface area (Å²) >= 11 is 1.81. The summed E-state index contributed by atoms with van der Waals surface area (Å²) in [7, 11) is 0. The van der Waals surface area contributed by atoms with Gasteiger partial charge in [0.05, 0.1) is 19.8 Å². The van der Waals surface area contributed by atoms with Gasteiger partial charge in [-0.05, 0) is 24.3 Å². The molecule has 0 aromatic carbocycles. The summed E-state index contributed by atoms with van der Waals surface area (Å²) in [4.78, 5) is 1.43. The first-order valence-corrected chi connectivity index (χ1v) is 6.69. The van der Waals surface area contributed by atoms with Gasteiger partial charge in [-0.1, -0.05) is 13.0 Å². The fourth-order valence-corrected chi connectivity index (χ4v) is 2.32. The van der Waals surface area contributed by atoms with Crippen molar-refractivity contribution in [3.05, 3.63) is 22.4 Å². The Morgan fingerprint density at radius 3 is 3.00 bits per heavy atom. The van der Waals surface area contributed by atoms with E-state index in [1.807, 2.05) is 11.3 Å². The first-order valence-electron chi connectivity index (χ1n) is 5.81. The van der Waals surface area contributed by atoms with Gasteiger partial charge < -0.3 is 15.2 Å². The number of nitrogens with one attached hydrogen (secondary N) is 1. The lowest BCUT2D eigenvalue weighted by Gasteiger charge is -2.16. The summed E-state index contributed by atoms with van der Waals surface area (Å²) in [5.74, 6) is 0. The highest BCUT2D eigenvalue weighted by atomic mass is 32.1. The zero-order chi connectivity index (χ0) is 11.6. The molecule has 0 saturated carbocycles. The predicted octanol–water partition coefficient (Wildman–Crippen LogP) is 1.67. The minimum atomic E-state index is 0.104. The molecule has 92 valence electrons. The second kappa shape index (κ2) is 8.70. The van der Waals surface area contributed by atoms with Gasteiger partial charge in [-0.25, -0.2) is 0 Å². The normalized spacial score (nSPS) is 12.9. The lowest BCUT2D eigenvalue weighted by atomic mass is 10.1. The summed E-state index contributed by atoms with van der Waals surface area (Å²) in [6.45, 7) is 4.25. The van der Waals surface area contributed by atoms with Gasteiger partial charge in [0.25, 0.3) is 0 Å². The zero-order valence-electron chi connectivity index (χ0n) is 9.82. The van der Waals surface area contributed by atoms with Crippen LogP contribution in [0.15, 0.2) is 17.5 Å². The average molecular weight is 243 g/mol. The first-order chi connectivity index (χ1) is 7.86. The van der Waals surface area contributed by atoms with Gasteiger partial charge in [0.15, 0.2) is 0 Å². The van der Waals surface area contributed by atoms with E-state index >= 15 is 0 Å². The van der Waals surface area contributed by atoms with E-state index in [9.17, 15) is 0 Å². The Balaban J connectivity index is 2.12. The van der Waals surface area contributed by atoms with Crippen LogP contribution in [-0.4, -0.2) is 37.5 Å². The standard InChI is InChI=1S/C12H21NO2S/c1-2-11(10-12-4-3-9-16-12)13-5-7-15-8-6-14/h3-4,9,11,13-14H,2,5-8,10H2,1H3. The monoisotopic (exact) mass is 243 g/mol. The van der Waals surface area contributed by atoms with Crippen LogP contribution in [0, 0.1) is 0 Å². The van der Waals surface area contributed by atoms with E-state index in [4.69, 9.17) is 9.84 Å². The molecule has 0 spiro atoms. The number of aliphatic hydroxyl groups is 1. The minimum absolute atomic E-state index is 0.104. The molecule has 0 bridgehead atoms. The largest absolute Gasteiger partial charge is 0.394 e. The molecule has 1 heterocycles. The maximum atomic E-state index is 8.55. The number of rotatable bonds is 9. The van der Waals surface area contributed by atoms with Gasteiger partial charge in [-0.2, -0.15) is 0 Å². The average Bonchev–Trinajstić information content (AvgIpc) is 2.80. The molecule has 0 fully saturated rings. The van der Waals surface area contributed by atoms with E-state index in [0.29, 0.717) is 19.3 Å². The molecular formula is C12H21NO2S. The van der Waals surface area contributed by atoms with Crippen LogP contribution in [0.5, 0.6) is 0 Å². The molecule has 1 rings (SSSR count). The highest BCUT2D eigenvalue weighted by Crippen LogP contribution is 2.12. The second-order valence-corrected chi connectivity index (χ2v) is 4.71. The molecular weight excluding hydrogens is 222 g/mol. The molecule has 0 aliphatic heterocycles. The van der Waals surface area contributed by atoms with Gasteiger partial charge in [0.1, 0.15) is 0 Å². The molecule has 3 nitrogen and oxygen atoms in total. The molecule has 0 aliphatic rings. The molecule has 0 aliphatic carbocycles. The SMILES string of the molecule is CCC(Cc1cccs1)NCCOCCO. The molecule has 2 N–H and O–H groups in total. The Hall–Kier alpha value is -0.420. The predicted molar refractivity (Wildman–Crippen MR) is 68.0 cm³/mol. The Morgan fingerprint density at radius 2 is 2.38 bits per heavy atom. The number of aliphatic hydroxyl groups excluding tert-OH is 1. The number of hydrogen-bond acceptors (Lipinski definition) is 4. The van der Waals surface area contributed by atoms with Crippen molar-refractivity contribution in [2.45, 2.75) is 25.8 Å². The van der Waals surface area contributed by atoms with Crippen LogP contribution in [0.25, 0.3) is 0 Å². The van der Waals surface area contributed by atoms with Crippen molar-refractivity contribution >= 4 is 11.3 Å². The second-order valence-electron chi connectivity index (χ2n) is 3.68. The fourth-order valence-electron chi connectivity index (χ4n) is 1.53. The van der Waals surface area contributed by atoms with Crippen LogP contribution in [0.2, 0.25) is 0 Å². The summed E-state index contributed by atoms with van der Waals surface area (Å²) < 4.78 is 5.20. The van der Waals surface area contributed by atoms with Crippen LogP contribution in [0.3, 0.4) is 0 Å². The molecule has 1 aromatic heterocycles. The van der Waals surface area contributed by atoms with E-state index in [2.05, 4.69) is 29.8 Å². The van der Waals surface area contributed by atoms with Gasteiger partial charge in [0.2, 0.25) is 0 Å². The molecule has 0 radical (unpaired) electrons. The summed E-state index contributed by atoms with van der Waals surface area (Å²) in [6, 6.07) is 4.80. The Morgan fingerprint density at radius 1 is 1.50 bits per heavy atom. The van der Waals surface area contributed by atoms with Gasteiger partial charge in [-0.3, -0.25) is 0 Å². The van der Waals surface area contributed by atoms with Crippen molar-refractivity contribution in [2.24, 2.45) is 0 Å². The van der Waals surface area contributed by atoms with E-state index < -0.39 is 0 Å². The van der Waals surface area contributed by atoms with E-state index in [1.165, 1.54) is 4.88 Å². The minimum Gasteiger partial charge on any atom is -0.394 e. The summed E-state index contributed by atoms with van der Waals surface area (Å²) in [5.41, 5.74) is 0. The molecule has 0 saturated heterocycles. The van der Waals surface area contributed by atoms with Crippen molar-refractivity contribution in [1.29, 1.82) is 0 Å². The van der Waals surface area contributed by atoms with Crippen molar-refractivity contribution < 1.29 is 9.84 Å². The Labute approximate surface area is 101 Å². The summed E-state index contributed by atoms with van der Waals surface area (Å²) in [6.07, 6.45) is 2.21. The van der Waals surface area contributed by atoms with Crippen molar-refractivity contribution in [2.75, 3.05) is 26.4 Å². The highest BCUT2D eigenvalue weighted by Gasteiger charge is 2.06. The maximum absolute atomic E-state index is 8.55. The Kier molecular flexibility index (Phi) is 7.42. The van der Waals surface area contributed by atoms with Gasteiger partial charge in [-0.15, -0.1) is 11.3 Å². The smallest absolute Gasteiger partial charge is 0.0698 e. The van der Waals surface area contributed by atoms with Crippen LogP contribution < -0.4 is 5.32 Å². The molecule has 1 unspecified atom stereocenters. The number of thiophene rings is 1. The van der Waals surface area contributed by atoms with E-state index in [1.54, 1.807) is 0 Å².